The van der Waals surface area contributed by atoms with Crippen molar-refractivity contribution in [3.63, 3.8) is 0 Å². The van der Waals surface area contributed by atoms with Crippen LogP contribution < -0.4 is 62.8 Å². The standard InChI is InChI=1S/C77H60BNSSi2/c1-53-47-71-76-73(48-53)80-72-49-56(54-39-43-63(44-40-54)81(58-27-13-6-14-28-58,59-29-15-7-16-30-59)60-31-17-8-18-32-60)41-45-67(72)78(76)68-52-75-66(51-70(68)79(71)69-46-42-57(77(2,3)4)50-65(69)55-25-11-5-12-26-55)64-37-23-24-38-74(64)82(75,61-33-19-9-20-34-61)62-35-21-10-22-36-62/h5-52H,1-4H3. The van der Waals surface area contributed by atoms with E-state index in [2.05, 4.69) is 324 Å². The second-order valence-electron chi connectivity index (χ2n) is 23.6. The van der Waals surface area contributed by atoms with Crippen molar-refractivity contribution in [1.29, 1.82) is 0 Å². The Morgan fingerprint density at radius 3 is 1.51 bits per heavy atom. The number of benzene rings is 12. The fraction of sp³-hybridized carbons (Fsp3) is 0.0649. The lowest BCUT2D eigenvalue weighted by molar-refractivity contribution is 0.590. The molecule has 15 rings (SSSR count). The third kappa shape index (κ3) is 7.82. The highest BCUT2D eigenvalue weighted by Gasteiger charge is 2.51. The van der Waals surface area contributed by atoms with Crippen molar-refractivity contribution in [2.45, 2.75) is 42.9 Å². The van der Waals surface area contributed by atoms with Gasteiger partial charge < -0.3 is 4.90 Å². The van der Waals surface area contributed by atoms with Crippen molar-refractivity contribution in [2.75, 3.05) is 4.90 Å². The van der Waals surface area contributed by atoms with E-state index in [1.165, 1.54) is 129 Å². The molecule has 0 saturated carbocycles. The van der Waals surface area contributed by atoms with Gasteiger partial charge in [-0.3, -0.25) is 0 Å². The predicted octanol–water partition coefficient (Wildman–Crippen LogP) is 12.1. The molecule has 12 aromatic carbocycles. The van der Waals surface area contributed by atoms with E-state index in [4.69, 9.17) is 0 Å². The van der Waals surface area contributed by atoms with Gasteiger partial charge in [-0.15, -0.1) is 0 Å². The van der Waals surface area contributed by atoms with Crippen LogP contribution in [0.25, 0.3) is 33.4 Å². The van der Waals surface area contributed by atoms with E-state index in [9.17, 15) is 0 Å². The maximum atomic E-state index is 2.71. The molecule has 3 heterocycles. The van der Waals surface area contributed by atoms with Gasteiger partial charge in [0.1, 0.15) is 0 Å². The molecule has 0 aliphatic carbocycles. The number of rotatable bonds is 9. The minimum Gasteiger partial charge on any atom is -0.311 e. The molecule has 0 amide bonds. The van der Waals surface area contributed by atoms with Crippen molar-refractivity contribution < 1.29 is 0 Å². The van der Waals surface area contributed by atoms with E-state index in [-0.39, 0.29) is 12.1 Å². The zero-order valence-electron chi connectivity index (χ0n) is 46.6. The first kappa shape index (κ1) is 50.3. The third-order valence-corrected chi connectivity index (χ3v) is 28.7. The summed E-state index contributed by atoms with van der Waals surface area (Å²) in [4.78, 5) is 5.30. The van der Waals surface area contributed by atoms with Gasteiger partial charge in [0.2, 0.25) is 6.71 Å². The Morgan fingerprint density at radius 2 is 0.915 bits per heavy atom. The highest BCUT2D eigenvalue weighted by atomic mass is 32.2. The molecule has 0 bridgehead atoms. The Morgan fingerprint density at radius 1 is 0.378 bits per heavy atom. The van der Waals surface area contributed by atoms with Crippen molar-refractivity contribution >= 4 is 110 Å². The third-order valence-electron chi connectivity index (χ3n) is 18.0. The van der Waals surface area contributed by atoms with E-state index in [0.29, 0.717) is 0 Å². The van der Waals surface area contributed by atoms with Crippen molar-refractivity contribution in [2.24, 2.45) is 0 Å². The summed E-state index contributed by atoms with van der Waals surface area (Å²) in [6, 6.07) is 112. The molecule has 1 nitrogen and oxygen atoms in total. The van der Waals surface area contributed by atoms with Gasteiger partial charge >= 0.3 is 0 Å². The molecule has 3 aliphatic rings. The number of anilines is 3. The van der Waals surface area contributed by atoms with Crippen LogP contribution in [0.1, 0.15) is 31.9 Å². The summed E-state index contributed by atoms with van der Waals surface area (Å²) >= 11 is 1.95. The Labute approximate surface area is 489 Å². The van der Waals surface area contributed by atoms with Crippen molar-refractivity contribution in [1.82, 2.24) is 0 Å². The maximum absolute atomic E-state index is 2.87. The monoisotopic (exact) mass is 1100 g/mol. The van der Waals surface area contributed by atoms with Crippen molar-refractivity contribution in [3.8, 4) is 33.4 Å². The molecule has 0 atom stereocenters. The summed E-state index contributed by atoms with van der Waals surface area (Å²) in [7, 11) is -5.56. The van der Waals surface area contributed by atoms with Gasteiger partial charge in [-0.2, -0.15) is 0 Å². The van der Waals surface area contributed by atoms with E-state index in [1.54, 1.807) is 0 Å². The molecule has 0 spiro atoms. The summed E-state index contributed by atoms with van der Waals surface area (Å²) < 4.78 is 0. The fourth-order valence-corrected chi connectivity index (χ4v) is 25.5. The molecular weight excluding hydrogens is 1040 g/mol. The van der Waals surface area contributed by atoms with E-state index >= 15 is 0 Å². The van der Waals surface area contributed by atoms with Crippen LogP contribution >= 0.6 is 11.8 Å². The Bertz CT molecular complexity index is 4260. The van der Waals surface area contributed by atoms with Gasteiger partial charge in [0.15, 0.2) is 16.1 Å². The molecule has 12 aromatic rings. The number of aryl methyl sites for hydroxylation is 1. The molecule has 0 N–H and O–H groups in total. The van der Waals surface area contributed by atoms with Crippen LogP contribution in [0, 0.1) is 6.92 Å². The minimum absolute atomic E-state index is 0.0138. The smallest absolute Gasteiger partial charge is 0.249 e. The van der Waals surface area contributed by atoms with Crippen molar-refractivity contribution in [3.05, 3.63) is 302 Å². The molecule has 0 fully saturated rings. The average molecular weight is 1100 g/mol. The number of hydrogen-bond donors (Lipinski definition) is 0. The lowest BCUT2D eigenvalue weighted by atomic mass is 9.34. The highest BCUT2D eigenvalue weighted by Crippen LogP contribution is 2.48. The zero-order chi connectivity index (χ0) is 55.2. The fourth-order valence-electron chi connectivity index (χ4n) is 14.3. The average Bonchev–Trinajstić information content (AvgIpc) is 1.93. The SMILES string of the molecule is Cc1cc2c3c(c1)N(c1ccc(C(C)(C)C)cc1-c1ccccc1)c1cc4c(cc1B3c1ccc(-c3ccc([Si](c5ccccc5)(c5ccccc5)c5ccccc5)cc3)cc1S2)[Si](c1ccccc1)(c1ccccc1)c1ccccc1-4. The first-order valence-electron chi connectivity index (χ1n) is 28.8. The lowest BCUT2D eigenvalue weighted by Crippen LogP contribution is -2.74. The molecule has 390 valence electrons. The van der Waals surface area contributed by atoms with Crippen LogP contribution in [-0.2, 0) is 5.41 Å². The van der Waals surface area contributed by atoms with Crippen LogP contribution in [0.15, 0.2) is 301 Å². The normalized spacial score (nSPS) is 13.6. The zero-order valence-corrected chi connectivity index (χ0v) is 49.5. The van der Waals surface area contributed by atoms with Crippen LogP contribution in [-0.4, -0.2) is 22.9 Å². The first-order chi connectivity index (χ1) is 40.2. The molecular formula is C77H60BNSSi2. The van der Waals surface area contributed by atoms with Gasteiger partial charge in [-0.25, -0.2) is 0 Å². The number of fused-ring (bicyclic) bond motifs is 7. The van der Waals surface area contributed by atoms with Gasteiger partial charge in [-0.1, -0.05) is 293 Å². The second-order valence-corrected chi connectivity index (χ2v) is 32.2. The number of hydrogen-bond acceptors (Lipinski definition) is 2. The van der Waals surface area contributed by atoms with Gasteiger partial charge in [0.25, 0.3) is 0 Å². The quantitative estimate of drug-likeness (QED) is 0.105. The van der Waals surface area contributed by atoms with Crippen LogP contribution in [0.4, 0.5) is 17.1 Å². The minimum atomic E-state index is -2.87. The van der Waals surface area contributed by atoms with Crippen LogP contribution in [0.3, 0.4) is 0 Å². The Kier molecular flexibility index (Phi) is 12.1. The van der Waals surface area contributed by atoms with E-state index in [0.717, 1.165) is 0 Å². The van der Waals surface area contributed by atoms with Gasteiger partial charge in [-0.05, 0) is 140 Å². The predicted molar refractivity (Wildman–Crippen MR) is 357 cm³/mol. The van der Waals surface area contributed by atoms with Gasteiger partial charge in [0.05, 0.1) is 5.69 Å². The largest absolute Gasteiger partial charge is 0.311 e. The van der Waals surface area contributed by atoms with Crippen LogP contribution in [0.2, 0.25) is 0 Å². The Balaban J connectivity index is 0.957. The topological polar surface area (TPSA) is 3.24 Å². The number of nitrogens with zero attached hydrogens (tertiary/aromatic N) is 1. The summed E-state index contributed by atoms with van der Waals surface area (Å²) in [5.74, 6) is 0. The van der Waals surface area contributed by atoms with E-state index in [1.807, 2.05) is 11.8 Å². The molecule has 82 heavy (non-hydrogen) atoms. The lowest BCUT2D eigenvalue weighted by Gasteiger charge is -2.42. The summed E-state index contributed by atoms with van der Waals surface area (Å²) in [5.41, 5.74) is 17.9. The molecule has 0 saturated heterocycles. The molecule has 0 aromatic heterocycles. The molecule has 3 aliphatic heterocycles. The second kappa shape index (κ2) is 19.8. The van der Waals surface area contributed by atoms with Crippen LogP contribution in [0.5, 0.6) is 0 Å². The van der Waals surface area contributed by atoms with E-state index < -0.39 is 16.1 Å². The molecule has 0 unspecified atom stereocenters. The highest BCUT2D eigenvalue weighted by molar-refractivity contribution is 8.00. The summed E-state index contributed by atoms with van der Waals surface area (Å²) in [5, 5.41) is 11.2. The summed E-state index contributed by atoms with van der Waals surface area (Å²) in [6.45, 7) is 9.26. The first-order valence-corrected chi connectivity index (χ1v) is 33.7. The summed E-state index contributed by atoms with van der Waals surface area (Å²) in [6.07, 6.45) is 0. The molecule has 5 heteroatoms. The molecule has 0 radical (unpaired) electrons. The Hall–Kier alpha value is -8.71. The maximum Gasteiger partial charge on any atom is 0.249 e. The van der Waals surface area contributed by atoms with Gasteiger partial charge in [0, 0.05) is 26.7 Å².